The van der Waals surface area contributed by atoms with Crippen LogP contribution in [0.15, 0.2) is 60.7 Å². The highest BCUT2D eigenvalue weighted by molar-refractivity contribution is 6.31. The van der Waals surface area contributed by atoms with Crippen LogP contribution in [0.2, 0.25) is 5.02 Å². The molecule has 32 heavy (non-hydrogen) atoms. The number of nitrogens with one attached hydrogen (secondary N) is 1. The van der Waals surface area contributed by atoms with Crippen LogP contribution in [0.4, 0.5) is 5.69 Å². The molecule has 1 saturated heterocycles. The quantitative estimate of drug-likeness (QED) is 0.429. The standard InChI is InChI=1S/C25H21ClN2O4/c1-13(28-24(31)20-15-7-8-16(11-15)21(20)25(28)32)23(30)27-19-10-9-17(26)12-18(19)22(29)14-5-3-2-4-6-14/h2-10,12-13,15-16,20-21H,11H2,1H3,(H,27,30). The molecular formula is C25H21ClN2O4. The maximum absolute atomic E-state index is 13.1. The van der Waals surface area contributed by atoms with Crippen molar-refractivity contribution in [2.75, 3.05) is 5.32 Å². The van der Waals surface area contributed by atoms with Crippen LogP contribution in [0, 0.1) is 23.7 Å². The fourth-order valence-electron chi connectivity index (χ4n) is 5.22. The van der Waals surface area contributed by atoms with Crippen LogP contribution in [-0.2, 0) is 14.4 Å². The average Bonchev–Trinajstić information content (AvgIpc) is 3.48. The average molecular weight is 449 g/mol. The van der Waals surface area contributed by atoms with Crippen molar-refractivity contribution in [2.45, 2.75) is 19.4 Å². The highest BCUT2D eigenvalue weighted by Gasteiger charge is 2.60. The van der Waals surface area contributed by atoms with Crippen LogP contribution < -0.4 is 5.32 Å². The summed E-state index contributed by atoms with van der Waals surface area (Å²) in [6.07, 6.45) is 4.86. The Kier molecular flexibility index (Phi) is 4.97. The van der Waals surface area contributed by atoms with Crippen molar-refractivity contribution in [1.29, 1.82) is 0 Å². The second kappa shape index (κ2) is 7.71. The van der Waals surface area contributed by atoms with Gasteiger partial charge >= 0.3 is 0 Å². The molecule has 1 heterocycles. The summed E-state index contributed by atoms with van der Waals surface area (Å²) < 4.78 is 0. The van der Waals surface area contributed by atoms with Crippen molar-refractivity contribution < 1.29 is 19.2 Å². The molecule has 3 amide bonds. The SMILES string of the molecule is CC(C(=O)Nc1ccc(Cl)cc1C(=O)c1ccccc1)N1C(=O)C2C3C=CC(C3)C2C1=O. The summed E-state index contributed by atoms with van der Waals surface area (Å²) in [6.45, 7) is 1.54. The molecule has 1 aliphatic heterocycles. The van der Waals surface area contributed by atoms with E-state index >= 15 is 0 Å². The van der Waals surface area contributed by atoms with Gasteiger partial charge in [0.25, 0.3) is 0 Å². The van der Waals surface area contributed by atoms with E-state index < -0.39 is 11.9 Å². The van der Waals surface area contributed by atoms with Gasteiger partial charge in [-0.25, -0.2) is 0 Å². The third-order valence-electron chi connectivity index (χ3n) is 6.79. The molecule has 2 aromatic rings. The van der Waals surface area contributed by atoms with E-state index in [2.05, 4.69) is 5.32 Å². The lowest BCUT2D eigenvalue weighted by atomic mass is 9.85. The first-order chi connectivity index (χ1) is 15.4. The van der Waals surface area contributed by atoms with Crippen molar-refractivity contribution in [2.24, 2.45) is 23.7 Å². The summed E-state index contributed by atoms with van der Waals surface area (Å²) >= 11 is 6.11. The van der Waals surface area contributed by atoms with Gasteiger partial charge in [-0.3, -0.25) is 24.1 Å². The van der Waals surface area contributed by atoms with Gasteiger partial charge in [0.2, 0.25) is 17.7 Å². The van der Waals surface area contributed by atoms with Gasteiger partial charge in [0.05, 0.1) is 17.5 Å². The van der Waals surface area contributed by atoms with E-state index in [1.165, 1.54) is 13.0 Å². The molecule has 2 fully saturated rings. The van der Waals surface area contributed by atoms with Crippen molar-refractivity contribution in [3.63, 3.8) is 0 Å². The Balaban J connectivity index is 1.38. The van der Waals surface area contributed by atoms with E-state index in [9.17, 15) is 19.2 Å². The highest BCUT2D eigenvalue weighted by Crippen LogP contribution is 2.52. The Labute approximate surface area is 190 Å². The molecule has 1 N–H and O–H groups in total. The molecule has 162 valence electrons. The molecule has 0 spiro atoms. The number of likely N-dealkylation sites (tertiary alicyclic amines) is 1. The van der Waals surface area contributed by atoms with Gasteiger partial charge in [-0.15, -0.1) is 0 Å². The molecular weight excluding hydrogens is 428 g/mol. The predicted octanol–water partition coefficient (Wildman–Crippen LogP) is 3.71. The van der Waals surface area contributed by atoms with Crippen LogP contribution in [0.3, 0.4) is 0 Å². The minimum Gasteiger partial charge on any atom is -0.324 e. The second-order valence-electron chi connectivity index (χ2n) is 8.60. The maximum Gasteiger partial charge on any atom is 0.247 e. The monoisotopic (exact) mass is 448 g/mol. The Morgan fingerprint density at radius 2 is 1.62 bits per heavy atom. The third-order valence-corrected chi connectivity index (χ3v) is 7.03. The van der Waals surface area contributed by atoms with E-state index in [-0.39, 0.29) is 52.5 Å². The summed E-state index contributed by atoms with van der Waals surface area (Å²) in [5.41, 5.74) is 0.975. The van der Waals surface area contributed by atoms with Crippen molar-refractivity contribution in [3.8, 4) is 0 Å². The molecule has 6 nitrogen and oxygen atoms in total. The third kappa shape index (κ3) is 3.17. The summed E-state index contributed by atoms with van der Waals surface area (Å²) in [6, 6.07) is 12.3. The number of anilines is 1. The predicted molar refractivity (Wildman–Crippen MR) is 119 cm³/mol. The maximum atomic E-state index is 13.1. The zero-order valence-electron chi connectivity index (χ0n) is 17.3. The lowest BCUT2D eigenvalue weighted by Gasteiger charge is -2.24. The van der Waals surface area contributed by atoms with Crippen molar-refractivity contribution >= 4 is 40.8 Å². The van der Waals surface area contributed by atoms with Crippen LogP contribution in [0.5, 0.6) is 0 Å². The van der Waals surface area contributed by atoms with Crippen LogP contribution in [0.25, 0.3) is 0 Å². The van der Waals surface area contributed by atoms with Crippen LogP contribution in [-0.4, -0.2) is 34.4 Å². The number of benzene rings is 2. The molecule has 7 heteroatoms. The number of ketones is 1. The minimum atomic E-state index is -0.990. The van der Waals surface area contributed by atoms with Crippen molar-refractivity contribution in [1.82, 2.24) is 4.90 Å². The molecule has 0 aromatic heterocycles. The van der Waals surface area contributed by atoms with Gasteiger partial charge in [-0.1, -0.05) is 54.1 Å². The molecule has 5 rings (SSSR count). The Morgan fingerprint density at radius 3 is 2.25 bits per heavy atom. The number of nitrogens with zero attached hydrogens (tertiary/aromatic N) is 1. The molecule has 1 saturated carbocycles. The number of allylic oxidation sites excluding steroid dienone is 2. The molecule has 2 aromatic carbocycles. The smallest absolute Gasteiger partial charge is 0.247 e. The Hall–Kier alpha value is -3.25. The summed E-state index contributed by atoms with van der Waals surface area (Å²) in [5.74, 6) is -1.96. The number of hydrogen-bond donors (Lipinski definition) is 1. The number of hydrogen-bond acceptors (Lipinski definition) is 4. The van der Waals surface area contributed by atoms with E-state index in [1.54, 1.807) is 42.5 Å². The van der Waals surface area contributed by atoms with Crippen LogP contribution in [0.1, 0.15) is 29.3 Å². The zero-order chi connectivity index (χ0) is 22.6. The largest absolute Gasteiger partial charge is 0.324 e. The molecule has 2 bridgehead atoms. The first kappa shape index (κ1) is 20.6. The lowest BCUT2D eigenvalue weighted by molar-refractivity contribution is -0.146. The highest BCUT2D eigenvalue weighted by atomic mass is 35.5. The topological polar surface area (TPSA) is 83.6 Å². The van der Waals surface area contributed by atoms with E-state index in [0.717, 1.165) is 11.3 Å². The molecule has 2 aliphatic carbocycles. The molecule has 3 aliphatic rings. The number of fused-ring (bicyclic) bond motifs is 5. The summed E-state index contributed by atoms with van der Waals surface area (Å²) in [4.78, 5) is 53.2. The van der Waals surface area contributed by atoms with E-state index in [1.807, 2.05) is 12.2 Å². The number of carbonyl (C=O) groups excluding carboxylic acids is 4. The van der Waals surface area contributed by atoms with Gasteiger partial charge in [-0.2, -0.15) is 0 Å². The Morgan fingerprint density at radius 1 is 1.00 bits per heavy atom. The number of halogens is 1. The van der Waals surface area contributed by atoms with Gasteiger partial charge in [0, 0.05) is 16.1 Å². The summed E-state index contributed by atoms with van der Waals surface area (Å²) in [7, 11) is 0. The van der Waals surface area contributed by atoms with Gasteiger partial charge in [-0.05, 0) is 43.4 Å². The fraction of sp³-hybridized carbons (Fsp3) is 0.280. The van der Waals surface area contributed by atoms with Gasteiger partial charge in [0.15, 0.2) is 5.78 Å². The first-order valence-corrected chi connectivity index (χ1v) is 11.0. The normalized spacial score (nSPS) is 26.4. The van der Waals surface area contributed by atoms with E-state index in [4.69, 9.17) is 11.6 Å². The van der Waals surface area contributed by atoms with Crippen LogP contribution >= 0.6 is 11.6 Å². The number of amides is 3. The van der Waals surface area contributed by atoms with Gasteiger partial charge < -0.3 is 5.32 Å². The minimum absolute atomic E-state index is 0.0769. The van der Waals surface area contributed by atoms with Crippen molar-refractivity contribution in [3.05, 3.63) is 76.8 Å². The van der Waals surface area contributed by atoms with E-state index in [0.29, 0.717) is 10.6 Å². The molecule has 0 radical (unpaired) electrons. The second-order valence-corrected chi connectivity index (χ2v) is 9.03. The number of carbonyl (C=O) groups is 4. The number of imide groups is 1. The Bertz CT molecular complexity index is 1150. The first-order valence-electron chi connectivity index (χ1n) is 10.6. The fourth-order valence-corrected chi connectivity index (χ4v) is 5.39. The molecule has 5 atom stereocenters. The lowest BCUT2D eigenvalue weighted by Crippen LogP contribution is -2.46. The number of rotatable bonds is 5. The summed E-state index contributed by atoms with van der Waals surface area (Å²) in [5, 5.41) is 3.09. The van der Waals surface area contributed by atoms with Gasteiger partial charge in [0.1, 0.15) is 6.04 Å². The zero-order valence-corrected chi connectivity index (χ0v) is 18.1. The molecule has 5 unspecified atom stereocenters.